The molecule has 1 unspecified atom stereocenters. The summed E-state index contributed by atoms with van der Waals surface area (Å²) < 4.78 is 31.7. The van der Waals surface area contributed by atoms with Crippen LogP contribution in [0.4, 0.5) is 0 Å². The molecule has 0 bridgehead atoms. The number of carboxylic acids is 1. The van der Waals surface area contributed by atoms with Crippen molar-refractivity contribution in [2.24, 2.45) is 0 Å². The van der Waals surface area contributed by atoms with Crippen molar-refractivity contribution in [2.45, 2.75) is 31.0 Å². The van der Waals surface area contributed by atoms with Crippen LogP contribution >= 0.6 is 11.3 Å². The molecule has 0 fully saturated rings. The van der Waals surface area contributed by atoms with Crippen molar-refractivity contribution in [3.05, 3.63) is 16.5 Å². The lowest BCUT2D eigenvalue weighted by Crippen LogP contribution is -2.35. The Labute approximate surface area is 116 Å². The second kappa shape index (κ2) is 6.47. The van der Waals surface area contributed by atoms with E-state index in [1.54, 1.807) is 13.8 Å². The molecule has 0 aromatic carbocycles. The third-order valence-corrected chi connectivity index (χ3v) is 5.57. The zero-order valence-electron chi connectivity index (χ0n) is 11.0. The topological polar surface area (TPSA) is 92.7 Å². The van der Waals surface area contributed by atoms with E-state index in [9.17, 15) is 13.2 Å². The van der Waals surface area contributed by atoms with Gasteiger partial charge in [-0.15, -0.1) is 11.3 Å². The van der Waals surface area contributed by atoms with E-state index in [-0.39, 0.29) is 21.7 Å². The van der Waals surface area contributed by atoms with Crippen LogP contribution in [0.5, 0.6) is 0 Å². The molecule has 6 nitrogen and oxygen atoms in total. The number of nitrogens with one attached hydrogen (secondary N) is 1. The summed E-state index contributed by atoms with van der Waals surface area (Å²) in [5.41, 5.74) is 0.440. The fourth-order valence-corrected chi connectivity index (χ4v) is 4.07. The minimum atomic E-state index is -3.70. The summed E-state index contributed by atoms with van der Waals surface area (Å²) in [6.07, 6.45) is 0. The largest absolute Gasteiger partial charge is 0.477 e. The quantitative estimate of drug-likeness (QED) is 0.795. The monoisotopic (exact) mass is 307 g/mol. The number of carboxylic acid groups (broad SMARTS) is 1. The molecule has 108 valence electrons. The van der Waals surface area contributed by atoms with Crippen molar-refractivity contribution in [1.29, 1.82) is 0 Å². The lowest BCUT2D eigenvalue weighted by molar-refractivity contribution is 0.0701. The Morgan fingerprint density at radius 3 is 2.68 bits per heavy atom. The molecule has 0 aliphatic carbocycles. The fourth-order valence-electron chi connectivity index (χ4n) is 1.45. The zero-order valence-corrected chi connectivity index (χ0v) is 12.6. The molecule has 0 radical (unpaired) electrons. The van der Waals surface area contributed by atoms with Gasteiger partial charge in [0.2, 0.25) is 10.0 Å². The molecule has 0 saturated heterocycles. The summed E-state index contributed by atoms with van der Waals surface area (Å²) in [7, 11) is -3.70. The minimum Gasteiger partial charge on any atom is -0.477 e. The number of ether oxygens (including phenoxy) is 1. The molecular weight excluding hydrogens is 290 g/mol. The van der Waals surface area contributed by atoms with Crippen molar-refractivity contribution in [2.75, 3.05) is 13.2 Å². The number of carbonyl (C=O) groups is 1. The molecule has 1 aromatic rings. The second-order valence-electron chi connectivity index (χ2n) is 4.06. The number of aryl methyl sites for hydroxylation is 1. The van der Waals surface area contributed by atoms with E-state index in [0.29, 0.717) is 12.2 Å². The Morgan fingerprint density at radius 2 is 2.21 bits per heavy atom. The van der Waals surface area contributed by atoms with Gasteiger partial charge in [-0.05, 0) is 32.4 Å². The summed E-state index contributed by atoms with van der Waals surface area (Å²) in [5.74, 6) is -1.12. The third-order valence-electron chi connectivity index (χ3n) is 2.28. The Bertz CT molecular complexity index is 549. The van der Waals surface area contributed by atoms with Crippen LogP contribution in [-0.2, 0) is 14.8 Å². The van der Waals surface area contributed by atoms with E-state index < -0.39 is 16.0 Å². The van der Waals surface area contributed by atoms with Gasteiger partial charge in [0.05, 0.1) is 6.61 Å². The highest BCUT2D eigenvalue weighted by atomic mass is 32.2. The second-order valence-corrected chi connectivity index (χ2v) is 7.06. The number of rotatable bonds is 7. The lowest BCUT2D eigenvalue weighted by Gasteiger charge is -2.12. The smallest absolute Gasteiger partial charge is 0.346 e. The molecule has 19 heavy (non-hydrogen) atoms. The minimum absolute atomic E-state index is 0.00532. The third kappa shape index (κ3) is 4.27. The van der Waals surface area contributed by atoms with Crippen LogP contribution in [-0.4, -0.2) is 38.7 Å². The van der Waals surface area contributed by atoms with E-state index >= 15 is 0 Å². The summed E-state index contributed by atoms with van der Waals surface area (Å²) in [6.45, 7) is 5.86. The molecule has 0 spiro atoms. The van der Waals surface area contributed by atoms with Crippen LogP contribution in [0.2, 0.25) is 0 Å². The van der Waals surface area contributed by atoms with Gasteiger partial charge in [-0.2, -0.15) is 0 Å². The van der Waals surface area contributed by atoms with Crippen molar-refractivity contribution < 1.29 is 23.1 Å². The standard InChI is InChI=1S/C11H17NO5S2/c1-4-17-6-8(3)12-19(15,16)9-5-7(2)10(18-9)11(13)14/h5,8,12H,4,6H2,1-3H3,(H,13,14). The van der Waals surface area contributed by atoms with Crippen LogP contribution in [0, 0.1) is 6.92 Å². The van der Waals surface area contributed by atoms with E-state index in [1.165, 1.54) is 6.07 Å². The highest BCUT2D eigenvalue weighted by Gasteiger charge is 2.23. The van der Waals surface area contributed by atoms with Gasteiger partial charge in [0.1, 0.15) is 9.09 Å². The molecule has 1 rings (SSSR count). The van der Waals surface area contributed by atoms with Crippen LogP contribution < -0.4 is 4.72 Å². The predicted molar refractivity (Wildman–Crippen MR) is 72.3 cm³/mol. The van der Waals surface area contributed by atoms with Crippen molar-refractivity contribution in [1.82, 2.24) is 4.72 Å². The first kappa shape index (κ1) is 16.1. The molecule has 0 aliphatic heterocycles. The number of sulfonamides is 1. The van der Waals surface area contributed by atoms with Gasteiger partial charge in [0, 0.05) is 12.6 Å². The van der Waals surface area contributed by atoms with Gasteiger partial charge >= 0.3 is 5.97 Å². The number of hydrogen-bond donors (Lipinski definition) is 2. The number of thiophene rings is 1. The molecule has 0 saturated carbocycles. The molecule has 1 heterocycles. The van der Waals surface area contributed by atoms with Crippen LogP contribution in [0.25, 0.3) is 0 Å². The molecule has 0 amide bonds. The first-order valence-electron chi connectivity index (χ1n) is 5.71. The van der Waals surface area contributed by atoms with Crippen molar-refractivity contribution >= 4 is 27.3 Å². The van der Waals surface area contributed by atoms with E-state index in [4.69, 9.17) is 9.84 Å². The maximum atomic E-state index is 12.0. The summed E-state index contributed by atoms with van der Waals surface area (Å²) in [5, 5.41) is 8.92. The average Bonchev–Trinajstić information content (AvgIpc) is 2.69. The molecule has 8 heteroatoms. The lowest BCUT2D eigenvalue weighted by atomic mass is 10.3. The molecule has 2 N–H and O–H groups in total. The van der Waals surface area contributed by atoms with Crippen molar-refractivity contribution in [3.63, 3.8) is 0 Å². The van der Waals surface area contributed by atoms with Gasteiger partial charge in [-0.25, -0.2) is 17.9 Å². The van der Waals surface area contributed by atoms with Crippen LogP contribution in [0.15, 0.2) is 10.3 Å². The first-order valence-corrected chi connectivity index (χ1v) is 8.01. The Balaban J connectivity index is 2.89. The fraction of sp³-hybridized carbons (Fsp3) is 0.545. The van der Waals surface area contributed by atoms with Gasteiger partial charge in [0.25, 0.3) is 0 Å². The summed E-state index contributed by atoms with van der Waals surface area (Å²) >= 11 is 0.750. The molecule has 1 atom stereocenters. The number of hydrogen-bond acceptors (Lipinski definition) is 5. The molecule has 0 aliphatic rings. The molecule has 1 aromatic heterocycles. The Kier molecular flexibility index (Phi) is 5.48. The van der Waals surface area contributed by atoms with Gasteiger partial charge in [-0.3, -0.25) is 0 Å². The molecular formula is C11H17NO5S2. The van der Waals surface area contributed by atoms with E-state index in [2.05, 4.69) is 4.72 Å². The highest BCUT2D eigenvalue weighted by molar-refractivity contribution is 7.91. The van der Waals surface area contributed by atoms with Gasteiger partial charge < -0.3 is 9.84 Å². The first-order chi connectivity index (χ1) is 8.77. The summed E-state index contributed by atoms with van der Waals surface area (Å²) in [6, 6.07) is 0.991. The SMILES string of the molecule is CCOCC(C)NS(=O)(=O)c1cc(C)c(C(=O)O)s1. The highest BCUT2D eigenvalue weighted by Crippen LogP contribution is 2.26. The van der Waals surface area contributed by atoms with Gasteiger partial charge in [0.15, 0.2) is 0 Å². The van der Waals surface area contributed by atoms with Gasteiger partial charge in [-0.1, -0.05) is 0 Å². The van der Waals surface area contributed by atoms with Crippen molar-refractivity contribution in [3.8, 4) is 0 Å². The van der Waals surface area contributed by atoms with E-state index in [0.717, 1.165) is 11.3 Å². The normalized spacial score (nSPS) is 13.4. The maximum Gasteiger partial charge on any atom is 0.346 e. The Hall–Kier alpha value is -0.960. The average molecular weight is 307 g/mol. The summed E-state index contributed by atoms with van der Waals surface area (Å²) in [4.78, 5) is 10.9. The van der Waals surface area contributed by atoms with Crippen LogP contribution in [0.1, 0.15) is 29.1 Å². The Morgan fingerprint density at radius 1 is 1.58 bits per heavy atom. The van der Waals surface area contributed by atoms with E-state index in [1.807, 2.05) is 6.92 Å². The zero-order chi connectivity index (χ0) is 14.6. The van der Waals surface area contributed by atoms with Crippen LogP contribution in [0.3, 0.4) is 0 Å². The maximum absolute atomic E-state index is 12.0. The number of aromatic carboxylic acids is 1. The predicted octanol–water partition coefficient (Wildman–Crippen LogP) is 1.46.